The molecule has 0 radical (unpaired) electrons. The lowest BCUT2D eigenvalue weighted by atomic mass is 10.2. The Balaban J connectivity index is 2.23. The van der Waals surface area contributed by atoms with E-state index >= 15 is 0 Å². The highest BCUT2D eigenvalue weighted by Crippen LogP contribution is 2.27. The van der Waals surface area contributed by atoms with Gasteiger partial charge in [0, 0.05) is 14.1 Å². The monoisotopic (exact) mass is 331 g/mol. The average molecular weight is 333 g/mol. The van der Waals surface area contributed by atoms with E-state index in [0.29, 0.717) is 22.2 Å². The fraction of sp³-hybridized carbons (Fsp3) is 0.231. The van der Waals surface area contributed by atoms with Gasteiger partial charge in [0.1, 0.15) is 0 Å². The first-order valence-corrected chi connectivity index (χ1v) is 6.91. The Kier molecular flexibility index (Phi) is 4.58. The molecule has 2 aromatic rings. The van der Waals surface area contributed by atoms with Crippen LogP contribution >= 0.6 is 34.8 Å². The van der Waals surface area contributed by atoms with Gasteiger partial charge in [-0.3, -0.25) is 9.48 Å². The number of hydrogen-bond acceptors (Lipinski definition) is 2. The molecule has 0 N–H and O–H groups in total. The number of hydrogen-bond donors (Lipinski definition) is 0. The van der Waals surface area contributed by atoms with Crippen LogP contribution in [0.5, 0.6) is 0 Å². The fourth-order valence-corrected chi connectivity index (χ4v) is 2.39. The summed E-state index contributed by atoms with van der Waals surface area (Å²) in [7, 11) is 3.44. The maximum atomic E-state index is 12.4. The van der Waals surface area contributed by atoms with E-state index in [1.54, 1.807) is 43.2 Å². The van der Waals surface area contributed by atoms with Gasteiger partial charge in [0.05, 0.1) is 39.1 Å². The standard InChI is InChI=1S/C13H12Cl3N3O/c1-18(7-11-10(15)6-17-19(11)2)13(20)8-4-3-5-9(14)12(8)16/h3-6H,7H2,1-2H3. The first-order valence-electron chi connectivity index (χ1n) is 5.77. The normalized spacial score (nSPS) is 10.7. The highest BCUT2D eigenvalue weighted by Gasteiger charge is 2.19. The second-order valence-corrected chi connectivity index (χ2v) is 5.52. The minimum Gasteiger partial charge on any atom is -0.336 e. The molecule has 0 aliphatic carbocycles. The summed E-state index contributed by atoms with van der Waals surface area (Å²) >= 11 is 18.0. The molecule has 0 unspecified atom stereocenters. The van der Waals surface area contributed by atoms with Crippen molar-refractivity contribution in [2.24, 2.45) is 7.05 Å². The molecule has 7 heteroatoms. The number of amides is 1. The number of benzene rings is 1. The van der Waals surface area contributed by atoms with Gasteiger partial charge in [0.2, 0.25) is 0 Å². The van der Waals surface area contributed by atoms with Gasteiger partial charge >= 0.3 is 0 Å². The van der Waals surface area contributed by atoms with E-state index < -0.39 is 0 Å². The van der Waals surface area contributed by atoms with Crippen LogP contribution in [0.2, 0.25) is 15.1 Å². The quantitative estimate of drug-likeness (QED) is 0.860. The van der Waals surface area contributed by atoms with Gasteiger partial charge < -0.3 is 4.90 Å². The zero-order chi connectivity index (χ0) is 14.9. The Labute approximate surface area is 131 Å². The zero-order valence-corrected chi connectivity index (χ0v) is 13.2. The van der Waals surface area contributed by atoms with Crippen molar-refractivity contribution in [3.63, 3.8) is 0 Å². The van der Waals surface area contributed by atoms with Crippen LogP contribution < -0.4 is 0 Å². The van der Waals surface area contributed by atoms with Crippen LogP contribution in [0.1, 0.15) is 16.1 Å². The summed E-state index contributed by atoms with van der Waals surface area (Å²) in [4.78, 5) is 13.9. The third-order valence-corrected chi connectivity index (χ3v) is 4.06. The van der Waals surface area contributed by atoms with Crippen molar-refractivity contribution in [1.82, 2.24) is 14.7 Å². The van der Waals surface area contributed by atoms with Gasteiger partial charge in [-0.05, 0) is 12.1 Å². The molecule has 0 spiro atoms. The molecule has 1 heterocycles. The van der Waals surface area contributed by atoms with Crippen LogP contribution in [-0.2, 0) is 13.6 Å². The lowest BCUT2D eigenvalue weighted by molar-refractivity contribution is 0.0782. The minimum absolute atomic E-state index is 0.227. The smallest absolute Gasteiger partial charge is 0.255 e. The maximum absolute atomic E-state index is 12.4. The van der Waals surface area contributed by atoms with Crippen LogP contribution in [0.15, 0.2) is 24.4 Å². The minimum atomic E-state index is -0.227. The number of carbonyl (C=O) groups is 1. The van der Waals surface area contributed by atoms with Crippen molar-refractivity contribution in [2.75, 3.05) is 7.05 Å². The van der Waals surface area contributed by atoms with E-state index in [-0.39, 0.29) is 10.9 Å². The van der Waals surface area contributed by atoms with Crippen molar-refractivity contribution in [3.8, 4) is 0 Å². The zero-order valence-electron chi connectivity index (χ0n) is 10.9. The first-order chi connectivity index (χ1) is 9.41. The maximum Gasteiger partial charge on any atom is 0.255 e. The highest BCUT2D eigenvalue weighted by molar-refractivity contribution is 6.43. The van der Waals surface area contributed by atoms with E-state index in [1.807, 2.05) is 0 Å². The molecule has 0 bridgehead atoms. The van der Waals surface area contributed by atoms with Gasteiger partial charge in [-0.25, -0.2) is 0 Å². The summed E-state index contributed by atoms with van der Waals surface area (Å²) in [5.74, 6) is -0.227. The van der Waals surface area contributed by atoms with Crippen LogP contribution in [0, 0.1) is 0 Å². The molecule has 0 saturated carbocycles. The molecular formula is C13H12Cl3N3O. The predicted molar refractivity (Wildman–Crippen MR) is 80.5 cm³/mol. The Morgan fingerprint density at radius 2 is 2.00 bits per heavy atom. The van der Waals surface area contributed by atoms with E-state index in [2.05, 4.69) is 5.10 Å². The second-order valence-electron chi connectivity index (χ2n) is 4.33. The van der Waals surface area contributed by atoms with E-state index in [0.717, 1.165) is 5.69 Å². The number of rotatable bonds is 3. The first kappa shape index (κ1) is 15.2. The van der Waals surface area contributed by atoms with Gasteiger partial charge in [0.15, 0.2) is 0 Å². The number of aromatic nitrogens is 2. The molecule has 0 atom stereocenters. The largest absolute Gasteiger partial charge is 0.336 e. The van der Waals surface area contributed by atoms with Gasteiger partial charge in [-0.2, -0.15) is 5.10 Å². The van der Waals surface area contributed by atoms with Crippen molar-refractivity contribution < 1.29 is 4.79 Å². The van der Waals surface area contributed by atoms with Gasteiger partial charge in [0.25, 0.3) is 5.91 Å². The lowest BCUT2D eigenvalue weighted by Gasteiger charge is -2.18. The number of nitrogens with zero attached hydrogens (tertiary/aromatic N) is 3. The Hall–Kier alpha value is -1.23. The molecule has 4 nitrogen and oxygen atoms in total. The van der Waals surface area contributed by atoms with Crippen LogP contribution in [-0.4, -0.2) is 27.6 Å². The molecule has 2 rings (SSSR count). The summed E-state index contributed by atoms with van der Waals surface area (Å²) in [5.41, 5.74) is 1.11. The molecule has 0 aliphatic rings. The lowest BCUT2D eigenvalue weighted by Crippen LogP contribution is -2.27. The molecule has 1 aromatic carbocycles. The third-order valence-electron chi connectivity index (χ3n) is 2.93. The number of carbonyl (C=O) groups excluding carboxylic acids is 1. The summed E-state index contributed by atoms with van der Waals surface area (Å²) in [6, 6.07) is 4.96. The molecule has 20 heavy (non-hydrogen) atoms. The Bertz CT molecular complexity index is 635. The predicted octanol–water partition coefficient (Wildman–Crippen LogP) is 3.65. The average Bonchev–Trinajstić information content (AvgIpc) is 2.73. The van der Waals surface area contributed by atoms with E-state index in [9.17, 15) is 4.79 Å². The molecule has 0 fully saturated rings. The molecule has 0 saturated heterocycles. The number of halogens is 3. The summed E-state index contributed by atoms with van der Waals surface area (Å²) < 4.78 is 1.63. The summed E-state index contributed by atoms with van der Waals surface area (Å²) in [6.07, 6.45) is 1.54. The molecular weight excluding hydrogens is 321 g/mol. The second kappa shape index (κ2) is 6.04. The van der Waals surface area contributed by atoms with Crippen LogP contribution in [0.25, 0.3) is 0 Å². The fourth-order valence-electron chi connectivity index (χ4n) is 1.78. The molecule has 1 amide bonds. The van der Waals surface area contributed by atoms with Crippen molar-refractivity contribution in [3.05, 3.63) is 50.7 Å². The van der Waals surface area contributed by atoms with Crippen molar-refractivity contribution in [1.29, 1.82) is 0 Å². The van der Waals surface area contributed by atoms with Crippen LogP contribution in [0.4, 0.5) is 0 Å². The highest BCUT2D eigenvalue weighted by atomic mass is 35.5. The van der Waals surface area contributed by atoms with Crippen molar-refractivity contribution >= 4 is 40.7 Å². The third kappa shape index (κ3) is 2.92. The molecule has 1 aromatic heterocycles. The van der Waals surface area contributed by atoms with Gasteiger partial charge in [-0.15, -0.1) is 0 Å². The SMILES string of the molecule is CN(Cc1c(Cl)cnn1C)C(=O)c1cccc(Cl)c1Cl. The number of aryl methyl sites for hydroxylation is 1. The summed E-state index contributed by atoms with van der Waals surface area (Å²) in [5, 5.41) is 5.15. The van der Waals surface area contributed by atoms with E-state index in [1.165, 1.54) is 4.90 Å². The van der Waals surface area contributed by atoms with Gasteiger partial charge in [-0.1, -0.05) is 40.9 Å². The van der Waals surface area contributed by atoms with Crippen LogP contribution in [0.3, 0.4) is 0 Å². The molecule has 0 aliphatic heterocycles. The molecule has 106 valence electrons. The Morgan fingerprint density at radius 3 is 2.60 bits per heavy atom. The topological polar surface area (TPSA) is 38.1 Å². The van der Waals surface area contributed by atoms with Crippen molar-refractivity contribution in [2.45, 2.75) is 6.54 Å². The summed E-state index contributed by atoms with van der Waals surface area (Å²) in [6.45, 7) is 0.330. The Morgan fingerprint density at radius 1 is 1.30 bits per heavy atom. The van der Waals surface area contributed by atoms with E-state index in [4.69, 9.17) is 34.8 Å².